The SMILES string of the molecule is CC(C)c1ccccc1N1C(=O)/C(=C/c2ccccc2)C=C1c1ccc(Cl)cc1. The van der Waals surface area contributed by atoms with Gasteiger partial charge in [-0.3, -0.25) is 9.69 Å². The van der Waals surface area contributed by atoms with Crippen LogP contribution in [0.3, 0.4) is 0 Å². The maximum Gasteiger partial charge on any atom is 0.262 e. The highest BCUT2D eigenvalue weighted by molar-refractivity contribution is 6.30. The predicted octanol–water partition coefficient (Wildman–Crippen LogP) is 6.93. The Morgan fingerprint density at radius 1 is 0.862 bits per heavy atom. The van der Waals surface area contributed by atoms with Gasteiger partial charge in [0.1, 0.15) is 0 Å². The zero-order chi connectivity index (χ0) is 20.4. The van der Waals surface area contributed by atoms with E-state index < -0.39 is 0 Å². The molecule has 0 bridgehead atoms. The summed E-state index contributed by atoms with van der Waals surface area (Å²) in [4.78, 5) is 15.3. The van der Waals surface area contributed by atoms with Gasteiger partial charge < -0.3 is 0 Å². The first-order valence-corrected chi connectivity index (χ1v) is 10.1. The van der Waals surface area contributed by atoms with Crippen LogP contribution in [0.4, 0.5) is 5.69 Å². The molecule has 0 atom stereocenters. The third-order valence-electron chi connectivity index (χ3n) is 5.04. The molecular formula is C26H22ClNO. The van der Waals surface area contributed by atoms with Crippen molar-refractivity contribution in [2.75, 3.05) is 4.90 Å². The van der Waals surface area contributed by atoms with Gasteiger partial charge in [-0.1, -0.05) is 86.1 Å². The predicted molar refractivity (Wildman–Crippen MR) is 122 cm³/mol. The minimum absolute atomic E-state index is 0.0214. The molecule has 1 amide bonds. The Labute approximate surface area is 176 Å². The summed E-state index contributed by atoms with van der Waals surface area (Å²) in [7, 11) is 0. The molecule has 0 unspecified atom stereocenters. The number of hydrogen-bond acceptors (Lipinski definition) is 1. The van der Waals surface area contributed by atoms with Gasteiger partial charge in [-0.15, -0.1) is 0 Å². The number of benzene rings is 3. The summed E-state index contributed by atoms with van der Waals surface area (Å²) in [6, 6.07) is 25.6. The fraction of sp³-hybridized carbons (Fsp3) is 0.115. The first-order chi connectivity index (χ1) is 14.0. The van der Waals surface area contributed by atoms with Crippen molar-refractivity contribution < 1.29 is 4.79 Å². The van der Waals surface area contributed by atoms with Crippen LogP contribution >= 0.6 is 11.6 Å². The number of hydrogen-bond donors (Lipinski definition) is 0. The van der Waals surface area contributed by atoms with E-state index in [9.17, 15) is 4.79 Å². The molecule has 1 aliphatic heterocycles. The van der Waals surface area contributed by atoms with Crippen molar-refractivity contribution in [3.63, 3.8) is 0 Å². The van der Waals surface area contributed by atoms with E-state index in [1.54, 1.807) is 0 Å². The van der Waals surface area contributed by atoms with Crippen LogP contribution in [0.15, 0.2) is 90.5 Å². The average molecular weight is 400 g/mol. The van der Waals surface area contributed by atoms with Crippen LogP contribution in [0.2, 0.25) is 5.02 Å². The average Bonchev–Trinajstić information content (AvgIpc) is 3.05. The Bertz CT molecular complexity index is 1100. The molecule has 29 heavy (non-hydrogen) atoms. The standard InChI is InChI=1S/C26H22ClNO/c1-18(2)23-10-6-7-11-24(23)28-25(20-12-14-22(27)15-13-20)17-21(26(28)29)16-19-8-4-3-5-9-19/h3-18H,1-2H3/b21-16+. The largest absolute Gasteiger partial charge is 0.276 e. The molecule has 2 nitrogen and oxygen atoms in total. The molecule has 0 aromatic heterocycles. The molecule has 0 N–H and O–H groups in total. The first kappa shape index (κ1) is 19.2. The van der Waals surface area contributed by atoms with E-state index in [0.29, 0.717) is 16.5 Å². The number of anilines is 1. The van der Waals surface area contributed by atoms with E-state index in [0.717, 1.165) is 28.1 Å². The zero-order valence-electron chi connectivity index (χ0n) is 16.5. The van der Waals surface area contributed by atoms with Gasteiger partial charge in [-0.2, -0.15) is 0 Å². The molecule has 0 saturated heterocycles. The lowest BCUT2D eigenvalue weighted by Gasteiger charge is -2.25. The van der Waals surface area contributed by atoms with Crippen molar-refractivity contribution in [1.29, 1.82) is 0 Å². The number of carbonyl (C=O) groups excluding carboxylic acids is 1. The summed E-state index contributed by atoms with van der Waals surface area (Å²) in [5, 5.41) is 0.674. The van der Waals surface area contributed by atoms with Gasteiger partial charge >= 0.3 is 0 Å². The third kappa shape index (κ3) is 3.90. The van der Waals surface area contributed by atoms with Crippen LogP contribution in [0.5, 0.6) is 0 Å². The normalized spacial score (nSPS) is 15.3. The molecule has 1 heterocycles. The maximum absolute atomic E-state index is 13.5. The smallest absolute Gasteiger partial charge is 0.262 e. The Morgan fingerprint density at radius 3 is 2.21 bits per heavy atom. The minimum atomic E-state index is -0.0214. The molecule has 3 aromatic rings. The van der Waals surface area contributed by atoms with Gasteiger partial charge in [-0.05, 0) is 53.0 Å². The second-order valence-electron chi connectivity index (χ2n) is 7.40. The summed E-state index contributed by atoms with van der Waals surface area (Å²) >= 11 is 6.09. The Kier molecular flexibility index (Phi) is 5.37. The van der Waals surface area contributed by atoms with E-state index in [4.69, 9.17) is 11.6 Å². The second-order valence-corrected chi connectivity index (χ2v) is 7.84. The van der Waals surface area contributed by atoms with E-state index in [2.05, 4.69) is 19.9 Å². The van der Waals surface area contributed by atoms with E-state index in [1.165, 1.54) is 0 Å². The number of halogens is 1. The van der Waals surface area contributed by atoms with Crippen molar-refractivity contribution in [2.24, 2.45) is 0 Å². The zero-order valence-corrected chi connectivity index (χ0v) is 17.2. The monoisotopic (exact) mass is 399 g/mol. The van der Waals surface area contributed by atoms with Crippen LogP contribution in [0.1, 0.15) is 36.5 Å². The summed E-state index contributed by atoms with van der Waals surface area (Å²) in [5.41, 5.74) is 5.55. The summed E-state index contributed by atoms with van der Waals surface area (Å²) < 4.78 is 0. The topological polar surface area (TPSA) is 20.3 Å². The van der Waals surface area contributed by atoms with Gasteiger partial charge in [0.25, 0.3) is 5.91 Å². The molecule has 3 aromatic carbocycles. The number of amides is 1. The van der Waals surface area contributed by atoms with Crippen LogP contribution < -0.4 is 4.90 Å². The lowest BCUT2D eigenvalue weighted by molar-refractivity contribution is -0.113. The maximum atomic E-state index is 13.5. The molecule has 144 valence electrons. The van der Waals surface area contributed by atoms with Gasteiger partial charge in [0.15, 0.2) is 0 Å². The van der Waals surface area contributed by atoms with Crippen molar-refractivity contribution >= 4 is 35.0 Å². The summed E-state index contributed by atoms with van der Waals surface area (Å²) in [6.07, 6.45) is 3.91. The Morgan fingerprint density at radius 2 is 1.52 bits per heavy atom. The minimum Gasteiger partial charge on any atom is -0.276 e. The highest BCUT2D eigenvalue weighted by Crippen LogP contribution is 2.39. The van der Waals surface area contributed by atoms with E-state index >= 15 is 0 Å². The molecule has 1 aliphatic rings. The van der Waals surface area contributed by atoms with Gasteiger partial charge in [0, 0.05) is 10.6 Å². The molecule has 0 saturated carbocycles. The van der Waals surface area contributed by atoms with Crippen LogP contribution in [0, 0.1) is 0 Å². The summed E-state index contributed by atoms with van der Waals surface area (Å²) in [6.45, 7) is 4.29. The highest BCUT2D eigenvalue weighted by atomic mass is 35.5. The van der Waals surface area contributed by atoms with E-state index in [-0.39, 0.29) is 5.91 Å². The highest BCUT2D eigenvalue weighted by Gasteiger charge is 2.32. The molecule has 4 rings (SSSR count). The third-order valence-corrected chi connectivity index (χ3v) is 5.30. The van der Waals surface area contributed by atoms with Gasteiger partial charge in [0.05, 0.1) is 11.4 Å². The second kappa shape index (κ2) is 8.10. The molecule has 3 heteroatoms. The molecule has 0 radical (unpaired) electrons. The van der Waals surface area contributed by atoms with Crippen molar-refractivity contribution in [3.8, 4) is 0 Å². The number of rotatable bonds is 4. The van der Waals surface area contributed by atoms with Crippen molar-refractivity contribution in [3.05, 3.63) is 112 Å². The van der Waals surface area contributed by atoms with Crippen LogP contribution in [0.25, 0.3) is 11.8 Å². The van der Waals surface area contributed by atoms with Crippen LogP contribution in [-0.4, -0.2) is 5.91 Å². The molecule has 0 aliphatic carbocycles. The number of nitrogens with zero attached hydrogens (tertiary/aromatic N) is 1. The fourth-order valence-electron chi connectivity index (χ4n) is 3.60. The van der Waals surface area contributed by atoms with Crippen LogP contribution in [-0.2, 0) is 4.79 Å². The molecule has 0 spiro atoms. The number of carbonyl (C=O) groups is 1. The molecular weight excluding hydrogens is 378 g/mol. The Balaban J connectivity index is 1.87. The van der Waals surface area contributed by atoms with Crippen molar-refractivity contribution in [1.82, 2.24) is 0 Å². The quantitative estimate of drug-likeness (QED) is 0.435. The summed E-state index contributed by atoms with van der Waals surface area (Å²) in [5.74, 6) is 0.277. The Hall–Kier alpha value is -3.10. The van der Waals surface area contributed by atoms with Gasteiger partial charge in [-0.25, -0.2) is 0 Å². The lowest BCUT2D eigenvalue weighted by atomic mass is 10.00. The van der Waals surface area contributed by atoms with Gasteiger partial charge in [0.2, 0.25) is 0 Å². The van der Waals surface area contributed by atoms with E-state index in [1.807, 2.05) is 89.8 Å². The number of para-hydroxylation sites is 1. The molecule has 0 fully saturated rings. The fourth-order valence-corrected chi connectivity index (χ4v) is 3.72. The lowest BCUT2D eigenvalue weighted by Crippen LogP contribution is -2.26. The first-order valence-electron chi connectivity index (χ1n) is 9.72. The van der Waals surface area contributed by atoms with Crippen molar-refractivity contribution in [2.45, 2.75) is 19.8 Å².